The zero-order chi connectivity index (χ0) is 21.0. The molecule has 2 aromatic heterocycles. The largest absolute Gasteiger partial charge is 1.00 e. The van der Waals surface area contributed by atoms with Crippen LogP contribution in [-0.2, 0) is 25.9 Å². The van der Waals surface area contributed by atoms with E-state index in [2.05, 4.69) is 96.3 Å². The molecule has 2 nitrogen and oxygen atoms in total. The molecule has 32 heavy (non-hydrogen) atoms. The molecule has 0 N–H and O–H groups in total. The molecular weight excluding hydrogens is 524 g/mol. The third kappa shape index (κ3) is 10.9. The zero-order valence-electron chi connectivity index (χ0n) is 19.6. The van der Waals surface area contributed by atoms with E-state index in [-0.39, 0.29) is 34.0 Å². The van der Waals surface area contributed by atoms with E-state index in [1.54, 1.807) is 0 Å². The van der Waals surface area contributed by atoms with Crippen LogP contribution in [0.5, 0.6) is 0 Å². The van der Waals surface area contributed by atoms with Crippen molar-refractivity contribution in [2.75, 3.05) is 0 Å². The Morgan fingerprint density at radius 3 is 1.47 bits per heavy atom. The van der Waals surface area contributed by atoms with Crippen molar-refractivity contribution in [3.63, 3.8) is 0 Å². The molecule has 0 aliphatic heterocycles. The second-order valence-electron chi connectivity index (χ2n) is 8.68. The molecule has 0 aliphatic rings. The van der Waals surface area contributed by atoms with Gasteiger partial charge < -0.3 is 34.0 Å². The Hall–Kier alpha value is -1.52. The molecule has 1 aromatic carbocycles. The third-order valence-electron chi connectivity index (χ3n) is 5.77. The van der Waals surface area contributed by atoms with Gasteiger partial charge in [0.25, 0.3) is 0 Å². The lowest BCUT2D eigenvalue weighted by Crippen LogP contribution is -3.00. The van der Waals surface area contributed by atoms with Crippen molar-refractivity contribution in [2.45, 2.75) is 78.3 Å². The summed E-state index contributed by atoms with van der Waals surface area (Å²) in [6.07, 6.45) is 18.9. The first-order valence-electron chi connectivity index (χ1n) is 11.7. The molecule has 0 bridgehead atoms. The number of pyridine rings is 2. The van der Waals surface area contributed by atoms with E-state index in [1.165, 1.54) is 73.6 Å². The van der Waals surface area contributed by atoms with Gasteiger partial charge in [-0.2, -0.15) is 0 Å². The summed E-state index contributed by atoms with van der Waals surface area (Å²) in [6, 6.07) is 17.9. The summed E-state index contributed by atoms with van der Waals surface area (Å²) >= 11 is 0. The number of benzene rings is 1. The van der Waals surface area contributed by atoms with E-state index in [1.807, 2.05) is 0 Å². The summed E-state index contributed by atoms with van der Waals surface area (Å²) in [6.45, 7) is 6.57. The fourth-order valence-corrected chi connectivity index (χ4v) is 4.13. The second kappa shape index (κ2) is 16.1. The highest BCUT2D eigenvalue weighted by atomic mass is 79.9. The predicted octanol–water partition coefficient (Wildman–Crippen LogP) is -0.288. The topological polar surface area (TPSA) is 7.76 Å². The van der Waals surface area contributed by atoms with Crippen LogP contribution in [0.1, 0.15) is 60.8 Å². The number of halogens is 2. The molecule has 0 atom stereocenters. The van der Waals surface area contributed by atoms with Gasteiger partial charge in [-0.25, -0.2) is 9.13 Å². The van der Waals surface area contributed by atoms with Crippen LogP contribution in [0.4, 0.5) is 0 Å². The lowest BCUT2D eigenvalue weighted by Gasteiger charge is -2.06. The number of unbranched alkanes of at least 4 members (excludes halogenated alkanes) is 4. The van der Waals surface area contributed by atoms with Crippen LogP contribution in [-0.4, -0.2) is 0 Å². The molecule has 0 radical (unpaired) electrons. The Kier molecular flexibility index (Phi) is 14.4. The molecule has 0 saturated heterocycles. The van der Waals surface area contributed by atoms with Crippen molar-refractivity contribution in [1.82, 2.24) is 0 Å². The molecule has 0 saturated carbocycles. The summed E-state index contributed by atoms with van der Waals surface area (Å²) in [5.41, 5.74) is 5.68. The molecule has 2 heterocycles. The van der Waals surface area contributed by atoms with Gasteiger partial charge in [-0.05, 0) is 75.6 Å². The van der Waals surface area contributed by atoms with Gasteiger partial charge in [0, 0.05) is 36.1 Å². The Morgan fingerprint density at radius 1 is 0.562 bits per heavy atom. The highest BCUT2D eigenvalue weighted by Gasteiger charge is 2.03. The van der Waals surface area contributed by atoms with Crippen molar-refractivity contribution < 1.29 is 43.1 Å². The average molecular weight is 562 g/mol. The molecule has 0 amide bonds. The van der Waals surface area contributed by atoms with Crippen molar-refractivity contribution >= 4 is 0 Å². The van der Waals surface area contributed by atoms with Crippen LogP contribution in [0.25, 0.3) is 0 Å². The molecule has 0 fully saturated rings. The predicted molar refractivity (Wildman–Crippen MR) is 124 cm³/mol. The van der Waals surface area contributed by atoms with Crippen LogP contribution < -0.4 is 43.1 Å². The highest BCUT2D eigenvalue weighted by molar-refractivity contribution is 5.23. The quantitative estimate of drug-likeness (QED) is 0.212. The third-order valence-corrected chi connectivity index (χ3v) is 5.77. The maximum atomic E-state index is 2.44. The first-order chi connectivity index (χ1) is 14.7. The molecule has 4 heteroatoms. The lowest BCUT2D eigenvalue weighted by atomic mass is 10.0. The minimum atomic E-state index is 0. The summed E-state index contributed by atoms with van der Waals surface area (Å²) in [5.74, 6) is 0. The van der Waals surface area contributed by atoms with Crippen molar-refractivity contribution in [3.8, 4) is 0 Å². The second-order valence-corrected chi connectivity index (χ2v) is 8.68. The fraction of sp³-hybridized carbons (Fsp3) is 0.429. The SMILES string of the molecule is Cc1ccc[n+](CCCCCc2cccc(CCCCC[n+]3cccc(C)c3)c2)c1.[Br-].[Br-]. The van der Waals surface area contributed by atoms with Crippen LogP contribution >= 0.6 is 0 Å². The van der Waals surface area contributed by atoms with Crippen molar-refractivity contribution in [3.05, 3.63) is 95.6 Å². The van der Waals surface area contributed by atoms with Crippen LogP contribution in [0.3, 0.4) is 0 Å². The van der Waals surface area contributed by atoms with Crippen LogP contribution in [0, 0.1) is 13.8 Å². The van der Waals surface area contributed by atoms with E-state index in [0.29, 0.717) is 0 Å². The van der Waals surface area contributed by atoms with E-state index in [0.717, 1.165) is 13.1 Å². The smallest absolute Gasteiger partial charge is 0.171 e. The Balaban J connectivity index is 0.00000256. The number of hydrogen-bond donors (Lipinski definition) is 0. The minimum Gasteiger partial charge on any atom is -1.00 e. The number of aryl methyl sites for hydroxylation is 6. The van der Waals surface area contributed by atoms with Gasteiger partial charge in [0.05, 0.1) is 0 Å². The molecular formula is C28H38Br2N2. The van der Waals surface area contributed by atoms with Crippen molar-refractivity contribution in [2.24, 2.45) is 0 Å². The highest BCUT2D eigenvalue weighted by Crippen LogP contribution is 2.13. The van der Waals surface area contributed by atoms with Gasteiger partial charge >= 0.3 is 0 Å². The van der Waals surface area contributed by atoms with E-state index < -0.39 is 0 Å². The standard InChI is InChI=1S/C28H38N2.2BrH/c1-25-12-10-20-29(23-25)18-7-3-5-14-27-16-9-17-28(22-27)15-6-4-8-19-30-21-11-13-26(2)24-30;;/h9-13,16-17,20-24H,3-8,14-15,18-19H2,1-2H3;2*1H/q+2;;/p-2. The van der Waals surface area contributed by atoms with Crippen LogP contribution in [0.2, 0.25) is 0 Å². The zero-order valence-corrected chi connectivity index (χ0v) is 22.8. The molecule has 0 spiro atoms. The first-order valence-corrected chi connectivity index (χ1v) is 11.7. The van der Waals surface area contributed by atoms with Gasteiger partial charge in [-0.3, -0.25) is 0 Å². The monoisotopic (exact) mass is 560 g/mol. The Bertz CT molecular complexity index is 840. The van der Waals surface area contributed by atoms with E-state index in [4.69, 9.17) is 0 Å². The van der Waals surface area contributed by atoms with E-state index in [9.17, 15) is 0 Å². The maximum Gasteiger partial charge on any atom is 0.171 e. The minimum absolute atomic E-state index is 0. The maximum absolute atomic E-state index is 2.44. The normalized spacial score (nSPS) is 10.3. The molecule has 174 valence electrons. The molecule has 0 unspecified atom stereocenters. The van der Waals surface area contributed by atoms with Gasteiger partial charge in [0.1, 0.15) is 13.1 Å². The van der Waals surface area contributed by atoms with Gasteiger partial charge in [0.2, 0.25) is 0 Å². The number of hydrogen-bond acceptors (Lipinski definition) is 0. The summed E-state index contributed by atoms with van der Waals surface area (Å²) < 4.78 is 4.63. The summed E-state index contributed by atoms with van der Waals surface area (Å²) in [7, 11) is 0. The van der Waals surface area contributed by atoms with Gasteiger partial charge in [-0.1, -0.05) is 24.3 Å². The first kappa shape index (κ1) is 28.5. The van der Waals surface area contributed by atoms with Crippen molar-refractivity contribution in [1.29, 1.82) is 0 Å². The molecule has 3 aromatic rings. The Morgan fingerprint density at radius 2 is 1.03 bits per heavy atom. The number of rotatable bonds is 12. The molecule has 0 aliphatic carbocycles. The molecule has 3 rings (SSSR count). The Labute approximate surface area is 216 Å². The summed E-state index contributed by atoms with van der Waals surface area (Å²) in [4.78, 5) is 0. The average Bonchev–Trinajstić information content (AvgIpc) is 2.74. The summed E-state index contributed by atoms with van der Waals surface area (Å²) in [5, 5.41) is 0. The number of nitrogens with zero attached hydrogens (tertiary/aromatic N) is 2. The van der Waals surface area contributed by atoms with E-state index >= 15 is 0 Å². The van der Waals surface area contributed by atoms with Gasteiger partial charge in [-0.15, -0.1) is 0 Å². The fourth-order valence-electron chi connectivity index (χ4n) is 4.13. The van der Waals surface area contributed by atoms with Crippen LogP contribution in [0.15, 0.2) is 73.3 Å². The van der Waals surface area contributed by atoms with Gasteiger partial charge in [0.15, 0.2) is 24.8 Å². The lowest BCUT2D eigenvalue weighted by molar-refractivity contribution is -0.697. The number of aromatic nitrogens is 2.